The van der Waals surface area contributed by atoms with Crippen molar-refractivity contribution in [2.24, 2.45) is 0 Å². The Hall–Kier alpha value is -4.46. The molecule has 0 saturated carbocycles. The molecule has 8 heteroatoms. The van der Waals surface area contributed by atoms with Crippen molar-refractivity contribution >= 4 is 29.2 Å². The fourth-order valence-corrected chi connectivity index (χ4v) is 3.68. The van der Waals surface area contributed by atoms with Crippen molar-refractivity contribution in [2.75, 3.05) is 12.0 Å². The molecule has 0 amide bonds. The third-order valence-corrected chi connectivity index (χ3v) is 5.33. The summed E-state index contributed by atoms with van der Waals surface area (Å²) in [5.41, 5.74) is 2.88. The van der Waals surface area contributed by atoms with Gasteiger partial charge in [-0.2, -0.15) is 0 Å². The summed E-state index contributed by atoms with van der Waals surface area (Å²) < 4.78 is 10.7. The summed E-state index contributed by atoms with van der Waals surface area (Å²) in [6, 6.07) is 16.9. The molecule has 166 valence electrons. The van der Waals surface area contributed by atoms with Gasteiger partial charge < -0.3 is 14.1 Å². The number of nitrogens with zero attached hydrogens (tertiary/aromatic N) is 2. The Kier molecular flexibility index (Phi) is 5.66. The highest BCUT2D eigenvalue weighted by Crippen LogP contribution is 2.36. The Labute approximate surface area is 189 Å². The standard InChI is InChI=1S/C25H20N2O6/c1-15-7-9-18(10-8-15)26-16(2)23(25(29)32-3)24(28)21(26)14-20-11-12-22(33-20)17-5-4-6-19(13-17)27(30)31/h4-14H,1-3H3. The van der Waals surface area contributed by atoms with Crippen LogP contribution in [0.25, 0.3) is 17.4 Å². The quantitative estimate of drug-likeness (QED) is 0.179. The smallest absolute Gasteiger partial charge is 0.343 e. The highest BCUT2D eigenvalue weighted by molar-refractivity contribution is 6.30. The maximum absolute atomic E-state index is 13.2. The van der Waals surface area contributed by atoms with Crippen LogP contribution in [-0.2, 0) is 14.3 Å². The molecule has 4 rings (SSSR count). The monoisotopic (exact) mass is 444 g/mol. The van der Waals surface area contributed by atoms with E-state index in [1.54, 1.807) is 42.2 Å². The zero-order valence-electron chi connectivity index (χ0n) is 18.2. The molecule has 0 N–H and O–H groups in total. The number of non-ortho nitro benzene ring substituents is 1. The van der Waals surface area contributed by atoms with Gasteiger partial charge in [0.15, 0.2) is 0 Å². The first-order valence-electron chi connectivity index (χ1n) is 10.1. The van der Waals surface area contributed by atoms with E-state index in [0.29, 0.717) is 28.5 Å². The summed E-state index contributed by atoms with van der Waals surface area (Å²) >= 11 is 0. The van der Waals surface area contributed by atoms with Gasteiger partial charge in [-0.1, -0.05) is 29.8 Å². The highest BCUT2D eigenvalue weighted by Gasteiger charge is 2.38. The van der Waals surface area contributed by atoms with Crippen molar-refractivity contribution in [3.8, 4) is 11.3 Å². The fraction of sp³-hybridized carbons (Fsp3) is 0.120. The van der Waals surface area contributed by atoms with E-state index in [4.69, 9.17) is 9.15 Å². The molecule has 0 atom stereocenters. The largest absolute Gasteiger partial charge is 0.465 e. The molecule has 0 spiro atoms. The number of carbonyl (C=O) groups is 2. The third kappa shape index (κ3) is 4.06. The number of ketones is 1. The van der Waals surface area contributed by atoms with Crippen LogP contribution in [0.1, 0.15) is 18.2 Å². The Morgan fingerprint density at radius 2 is 1.82 bits per heavy atom. The van der Waals surface area contributed by atoms with Gasteiger partial charge in [0.25, 0.3) is 5.69 Å². The van der Waals surface area contributed by atoms with Crippen LogP contribution in [0, 0.1) is 17.0 Å². The van der Waals surface area contributed by atoms with E-state index in [1.807, 2.05) is 31.2 Å². The molecule has 0 fully saturated rings. The Balaban J connectivity index is 1.77. The maximum Gasteiger partial charge on any atom is 0.343 e. The molecule has 2 heterocycles. The number of allylic oxidation sites excluding steroid dienone is 2. The van der Waals surface area contributed by atoms with Gasteiger partial charge in [0.2, 0.25) is 5.78 Å². The van der Waals surface area contributed by atoms with Crippen LogP contribution >= 0.6 is 0 Å². The van der Waals surface area contributed by atoms with Gasteiger partial charge in [-0.3, -0.25) is 14.9 Å². The van der Waals surface area contributed by atoms with Crippen LogP contribution < -0.4 is 4.90 Å². The number of anilines is 1. The van der Waals surface area contributed by atoms with Crippen LogP contribution in [0.4, 0.5) is 11.4 Å². The predicted molar refractivity (Wildman–Crippen MR) is 122 cm³/mol. The minimum Gasteiger partial charge on any atom is -0.465 e. The molecule has 3 aromatic rings. The molecule has 8 nitrogen and oxygen atoms in total. The van der Waals surface area contributed by atoms with Crippen LogP contribution in [-0.4, -0.2) is 23.8 Å². The maximum atomic E-state index is 13.2. The molecule has 1 aromatic heterocycles. The number of esters is 1. The molecule has 0 radical (unpaired) electrons. The molecule has 0 aliphatic carbocycles. The zero-order chi connectivity index (χ0) is 23.7. The molecule has 2 aromatic carbocycles. The number of carbonyl (C=O) groups excluding carboxylic acids is 2. The molecule has 0 bridgehead atoms. The number of benzene rings is 2. The molecule has 33 heavy (non-hydrogen) atoms. The average Bonchev–Trinajstić information content (AvgIpc) is 3.37. The van der Waals surface area contributed by atoms with Crippen LogP contribution in [0.5, 0.6) is 0 Å². The van der Waals surface area contributed by atoms with E-state index in [2.05, 4.69) is 0 Å². The average molecular weight is 444 g/mol. The van der Waals surface area contributed by atoms with Crippen molar-refractivity contribution in [3.05, 3.63) is 99.1 Å². The van der Waals surface area contributed by atoms with Crippen molar-refractivity contribution in [1.82, 2.24) is 0 Å². The van der Waals surface area contributed by atoms with Crippen LogP contribution in [0.2, 0.25) is 0 Å². The summed E-state index contributed by atoms with van der Waals surface area (Å²) in [5, 5.41) is 11.1. The van der Waals surface area contributed by atoms with Crippen molar-refractivity contribution in [2.45, 2.75) is 13.8 Å². The van der Waals surface area contributed by atoms with E-state index in [1.165, 1.54) is 19.2 Å². The van der Waals surface area contributed by atoms with Gasteiger partial charge in [-0.05, 0) is 38.1 Å². The number of hydrogen-bond donors (Lipinski definition) is 0. The van der Waals surface area contributed by atoms with Gasteiger partial charge in [0.1, 0.15) is 17.1 Å². The first-order valence-corrected chi connectivity index (χ1v) is 10.1. The lowest BCUT2D eigenvalue weighted by Crippen LogP contribution is -2.18. The number of nitro benzene ring substituents is 1. The fourth-order valence-electron chi connectivity index (χ4n) is 3.68. The Bertz CT molecular complexity index is 1330. The van der Waals surface area contributed by atoms with Gasteiger partial charge >= 0.3 is 5.97 Å². The Morgan fingerprint density at radius 1 is 1.09 bits per heavy atom. The van der Waals surface area contributed by atoms with E-state index in [0.717, 1.165) is 5.56 Å². The number of methoxy groups -OCH3 is 1. The van der Waals surface area contributed by atoms with E-state index in [-0.39, 0.29) is 17.0 Å². The number of Topliss-reactive ketones (excluding diaryl/α,β-unsaturated/α-hetero) is 1. The van der Waals surface area contributed by atoms with Crippen LogP contribution in [0.3, 0.4) is 0 Å². The van der Waals surface area contributed by atoms with Gasteiger partial charge in [-0.15, -0.1) is 0 Å². The second-order valence-electron chi connectivity index (χ2n) is 7.49. The summed E-state index contributed by atoms with van der Waals surface area (Å²) in [6.45, 7) is 3.64. The SMILES string of the molecule is COC(=O)C1=C(C)N(c2ccc(C)cc2)C(=Cc2ccc(-c3cccc([N+](=O)[O-])c3)o2)C1=O. The molecular formula is C25H20N2O6. The molecule has 0 unspecified atom stereocenters. The minimum absolute atomic E-state index is 0.0465. The lowest BCUT2D eigenvalue weighted by Gasteiger charge is -2.21. The normalized spacial score (nSPS) is 14.8. The number of ether oxygens (including phenoxy) is 1. The number of nitro groups is 1. The van der Waals surface area contributed by atoms with Crippen molar-refractivity contribution < 1.29 is 23.7 Å². The van der Waals surface area contributed by atoms with Crippen molar-refractivity contribution in [3.63, 3.8) is 0 Å². The zero-order valence-corrected chi connectivity index (χ0v) is 18.2. The predicted octanol–water partition coefficient (Wildman–Crippen LogP) is 5.04. The van der Waals surface area contributed by atoms with Crippen molar-refractivity contribution in [1.29, 1.82) is 0 Å². The van der Waals surface area contributed by atoms with E-state index in [9.17, 15) is 19.7 Å². The molecule has 1 aliphatic rings. The van der Waals surface area contributed by atoms with E-state index < -0.39 is 16.7 Å². The summed E-state index contributed by atoms with van der Waals surface area (Å²) in [7, 11) is 1.23. The van der Waals surface area contributed by atoms with Gasteiger partial charge in [0, 0.05) is 35.2 Å². The molecule has 1 aliphatic heterocycles. The summed E-state index contributed by atoms with van der Waals surface area (Å²) in [5.74, 6) is -0.422. The number of rotatable bonds is 5. The highest BCUT2D eigenvalue weighted by atomic mass is 16.6. The first kappa shape index (κ1) is 21.8. The molecular weight excluding hydrogens is 424 g/mol. The number of hydrogen-bond acceptors (Lipinski definition) is 7. The Morgan fingerprint density at radius 3 is 2.48 bits per heavy atom. The lowest BCUT2D eigenvalue weighted by atomic mass is 10.1. The third-order valence-electron chi connectivity index (χ3n) is 5.33. The first-order chi connectivity index (χ1) is 15.8. The van der Waals surface area contributed by atoms with E-state index >= 15 is 0 Å². The summed E-state index contributed by atoms with van der Waals surface area (Å²) in [4.78, 5) is 37.8. The lowest BCUT2D eigenvalue weighted by molar-refractivity contribution is -0.384. The van der Waals surface area contributed by atoms with Gasteiger partial charge in [-0.25, -0.2) is 4.79 Å². The number of aryl methyl sites for hydroxylation is 1. The minimum atomic E-state index is -0.713. The van der Waals surface area contributed by atoms with Crippen LogP contribution in [0.15, 0.2) is 82.0 Å². The topological polar surface area (TPSA) is 103 Å². The van der Waals surface area contributed by atoms with Gasteiger partial charge in [0.05, 0.1) is 17.7 Å². The second kappa shape index (κ2) is 8.58. The number of furan rings is 1. The summed E-state index contributed by atoms with van der Waals surface area (Å²) in [6.07, 6.45) is 1.54. The second-order valence-corrected chi connectivity index (χ2v) is 7.49. The molecule has 0 saturated heterocycles.